The van der Waals surface area contributed by atoms with Crippen molar-refractivity contribution in [2.24, 2.45) is 0 Å². The number of halogens is 1. The second-order valence-electron chi connectivity index (χ2n) is 5.19. The Morgan fingerprint density at radius 3 is 2.64 bits per heavy atom. The van der Waals surface area contributed by atoms with E-state index in [0.29, 0.717) is 29.3 Å². The Balaban J connectivity index is 2.12. The highest BCUT2D eigenvalue weighted by molar-refractivity contribution is 7.90. The van der Waals surface area contributed by atoms with Crippen molar-refractivity contribution in [2.45, 2.75) is 11.9 Å². The Morgan fingerprint density at radius 1 is 1.20 bits per heavy atom. The lowest BCUT2D eigenvalue weighted by Crippen LogP contribution is -2.03. The fourth-order valence-corrected chi connectivity index (χ4v) is 3.13. The fourth-order valence-electron chi connectivity index (χ4n) is 2.34. The SMILES string of the molecule is CCOc1ccncc1-c1c(Cl)ncn1-c1ccc(S(C)(=O)=O)nc1. The first-order valence-electron chi connectivity index (χ1n) is 7.38. The fraction of sp³-hybridized carbons (Fsp3) is 0.188. The Hall–Kier alpha value is -2.45. The van der Waals surface area contributed by atoms with Gasteiger partial charge in [0.15, 0.2) is 20.0 Å². The van der Waals surface area contributed by atoms with E-state index >= 15 is 0 Å². The van der Waals surface area contributed by atoms with Crippen molar-refractivity contribution in [2.75, 3.05) is 12.9 Å². The minimum absolute atomic E-state index is 0.000366. The maximum Gasteiger partial charge on any atom is 0.192 e. The predicted molar refractivity (Wildman–Crippen MR) is 93.9 cm³/mol. The average molecular weight is 379 g/mol. The van der Waals surface area contributed by atoms with E-state index in [1.54, 1.807) is 29.1 Å². The van der Waals surface area contributed by atoms with Gasteiger partial charge in [-0.25, -0.2) is 18.4 Å². The van der Waals surface area contributed by atoms with E-state index in [9.17, 15) is 8.42 Å². The topological polar surface area (TPSA) is 87.0 Å². The van der Waals surface area contributed by atoms with Crippen LogP contribution in [0.15, 0.2) is 48.1 Å². The molecule has 3 rings (SSSR count). The molecule has 130 valence electrons. The van der Waals surface area contributed by atoms with E-state index < -0.39 is 9.84 Å². The van der Waals surface area contributed by atoms with Crippen LogP contribution in [-0.4, -0.2) is 40.8 Å². The van der Waals surface area contributed by atoms with E-state index in [4.69, 9.17) is 16.3 Å². The molecule has 0 amide bonds. The molecule has 0 saturated heterocycles. The normalized spacial score (nSPS) is 11.5. The Bertz CT molecular complexity index is 1000. The van der Waals surface area contributed by atoms with E-state index in [2.05, 4.69) is 15.0 Å². The lowest BCUT2D eigenvalue weighted by atomic mass is 10.2. The first kappa shape index (κ1) is 17.4. The molecule has 3 heterocycles. The highest BCUT2D eigenvalue weighted by Gasteiger charge is 2.18. The quantitative estimate of drug-likeness (QED) is 0.678. The van der Waals surface area contributed by atoms with Crippen LogP contribution in [0.2, 0.25) is 5.15 Å². The summed E-state index contributed by atoms with van der Waals surface area (Å²) in [4.78, 5) is 12.3. The molecule has 0 bridgehead atoms. The number of imidazole rings is 1. The number of ether oxygens (including phenoxy) is 1. The third kappa shape index (κ3) is 3.49. The van der Waals surface area contributed by atoms with Gasteiger partial charge < -0.3 is 4.74 Å². The molecule has 0 fully saturated rings. The lowest BCUT2D eigenvalue weighted by Gasteiger charge is -2.12. The van der Waals surface area contributed by atoms with Crippen molar-refractivity contribution in [3.8, 4) is 22.7 Å². The third-order valence-electron chi connectivity index (χ3n) is 3.44. The summed E-state index contributed by atoms with van der Waals surface area (Å²) in [6.45, 7) is 2.38. The molecule has 0 saturated carbocycles. The number of nitrogens with zero attached hydrogens (tertiary/aromatic N) is 4. The van der Waals surface area contributed by atoms with Crippen LogP contribution in [-0.2, 0) is 9.84 Å². The van der Waals surface area contributed by atoms with Crippen LogP contribution in [0.5, 0.6) is 5.75 Å². The summed E-state index contributed by atoms with van der Waals surface area (Å²) in [5.74, 6) is 0.627. The number of rotatable bonds is 5. The van der Waals surface area contributed by atoms with Gasteiger partial charge in [0.2, 0.25) is 0 Å². The van der Waals surface area contributed by atoms with Gasteiger partial charge >= 0.3 is 0 Å². The number of hydrogen-bond acceptors (Lipinski definition) is 6. The first-order valence-corrected chi connectivity index (χ1v) is 9.65. The molecule has 0 N–H and O–H groups in total. The molecule has 9 heteroatoms. The molecule has 0 atom stereocenters. The smallest absolute Gasteiger partial charge is 0.192 e. The van der Waals surface area contributed by atoms with Crippen molar-refractivity contribution < 1.29 is 13.2 Å². The molecule has 25 heavy (non-hydrogen) atoms. The van der Waals surface area contributed by atoms with Gasteiger partial charge in [-0.15, -0.1) is 0 Å². The van der Waals surface area contributed by atoms with Gasteiger partial charge in [0.05, 0.1) is 29.7 Å². The minimum Gasteiger partial charge on any atom is -0.493 e. The van der Waals surface area contributed by atoms with Crippen LogP contribution in [0.3, 0.4) is 0 Å². The second-order valence-corrected chi connectivity index (χ2v) is 7.51. The van der Waals surface area contributed by atoms with E-state index in [0.717, 1.165) is 6.26 Å². The van der Waals surface area contributed by atoms with Crippen molar-refractivity contribution in [3.05, 3.63) is 48.3 Å². The Morgan fingerprint density at radius 2 is 2.00 bits per heavy atom. The summed E-state index contributed by atoms with van der Waals surface area (Å²) in [7, 11) is -3.36. The molecule has 3 aromatic rings. The molecule has 3 aromatic heterocycles. The van der Waals surface area contributed by atoms with Gasteiger partial charge in [-0.2, -0.15) is 0 Å². The highest BCUT2D eigenvalue weighted by Crippen LogP contribution is 2.35. The summed E-state index contributed by atoms with van der Waals surface area (Å²) in [5, 5.41) is 0.279. The minimum atomic E-state index is -3.36. The Labute approximate surface area is 150 Å². The third-order valence-corrected chi connectivity index (χ3v) is 4.72. The molecule has 0 aromatic carbocycles. The molecular weight excluding hydrogens is 364 g/mol. The van der Waals surface area contributed by atoms with Crippen LogP contribution in [0.25, 0.3) is 16.9 Å². The standard InChI is InChI=1S/C16H15ClN4O3S/c1-3-24-13-6-7-18-9-12(13)15-16(17)20-10-21(15)11-4-5-14(19-8-11)25(2,22)23/h4-10H,3H2,1-2H3. The highest BCUT2D eigenvalue weighted by atomic mass is 35.5. The lowest BCUT2D eigenvalue weighted by molar-refractivity contribution is 0.341. The van der Waals surface area contributed by atoms with Gasteiger partial charge in [0.1, 0.15) is 12.1 Å². The number of hydrogen-bond donors (Lipinski definition) is 0. The molecule has 7 nitrogen and oxygen atoms in total. The average Bonchev–Trinajstić information content (AvgIpc) is 2.96. The van der Waals surface area contributed by atoms with Crippen LogP contribution >= 0.6 is 11.6 Å². The number of sulfone groups is 1. The monoisotopic (exact) mass is 378 g/mol. The maximum atomic E-state index is 11.6. The summed E-state index contributed by atoms with van der Waals surface area (Å²) < 4.78 is 30.5. The number of pyridine rings is 2. The van der Waals surface area contributed by atoms with E-state index in [1.807, 2.05) is 6.92 Å². The van der Waals surface area contributed by atoms with Crippen LogP contribution in [0.4, 0.5) is 0 Å². The summed E-state index contributed by atoms with van der Waals surface area (Å²) in [6, 6.07) is 4.83. The zero-order chi connectivity index (χ0) is 18.0. The molecule has 0 aliphatic rings. The summed E-state index contributed by atoms with van der Waals surface area (Å²) >= 11 is 6.27. The van der Waals surface area contributed by atoms with Crippen molar-refractivity contribution in [1.82, 2.24) is 19.5 Å². The molecule has 0 aliphatic heterocycles. The van der Waals surface area contributed by atoms with Crippen LogP contribution < -0.4 is 4.74 Å². The predicted octanol–water partition coefficient (Wildman–Crippen LogP) is 2.78. The second kappa shape index (κ2) is 6.81. The van der Waals surface area contributed by atoms with Gasteiger partial charge in [-0.3, -0.25) is 9.55 Å². The maximum absolute atomic E-state index is 11.6. The Kier molecular flexibility index (Phi) is 4.73. The summed E-state index contributed by atoms with van der Waals surface area (Å²) in [6.07, 6.45) is 7.37. The molecule has 0 unspecified atom stereocenters. The molecule has 0 spiro atoms. The zero-order valence-electron chi connectivity index (χ0n) is 13.5. The largest absolute Gasteiger partial charge is 0.493 e. The van der Waals surface area contributed by atoms with E-state index in [-0.39, 0.29) is 10.2 Å². The summed E-state index contributed by atoms with van der Waals surface area (Å²) in [5.41, 5.74) is 1.89. The van der Waals surface area contributed by atoms with Gasteiger partial charge in [0.25, 0.3) is 0 Å². The molecule has 0 radical (unpaired) electrons. The van der Waals surface area contributed by atoms with Gasteiger partial charge in [-0.1, -0.05) is 11.6 Å². The number of aromatic nitrogens is 4. The van der Waals surface area contributed by atoms with Crippen molar-refractivity contribution in [1.29, 1.82) is 0 Å². The van der Waals surface area contributed by atoms with Crippen LogP contribution in [0.1, 0.15) is 6.92 Å². The van der Waals surface area contributed by atoms with Gasteiger partial charge in [-0.05, 0) is 25.1 Å². The molecular formula is C16H15ClN4O3S. The first-order chi connectivity index (χ1) is 11.9. The van der Waals surface area contributed by atoms with Crippen molar-refractivity contribution in [3.63, 3.8) is 0 Å². The molecule has 0 aliphatic carbocycles. The van der Waals surface area contributed by atoms with Crippen molar-refractivity contribution >= 4 is 21.4 Å². The van der Waals surface area contributed by atoms with Gasteiger partial charge in [0, 0.05) is 18.6 Å². The van der Waals surface area contributed by atoms with Crippen LogP contribution in [0, 0.1) is 0 Å². The van der Waals surface area contributed by atoms with E-state index in [1.165, 1.54) is 18.6 Å². The zero-order valence-corrected chi connectivity index (χ0v) is 15.1.